The van der Waals surface area contributed by atoms with Crippen LogP contribution in [0.3, 0.4) is 0 Å². The van der Waals surface area contributed by atoms with Gasteiger partial charge in [0, 0.05) is 13.2 Å². The van der Waals surface area contributed by atoms with Crippen molar-refractivity contribution in [2.75, 3.05) is 13.2 Å². The van der Waals surface area contributed by atoms with Gasteiger partial charge in [-0.1, -0.05) is 20.8 Å². The molecule has 1 heterocycles. The molecule has 0 aliphatic carbocycles. The van der Waals surface area contributed by atoms with E-state index in [1.807, 2.05) is 0 Å². The fourth-order valence-electron chi connectivity index (χ4n) is 1.66. The Labute approximate surface area is 109 Å². The molecule has 1 saturated heterocycles. The van der Waals surface area contributed by atoms with Gasteiger partial charge >= 0.3 is 27.7 Å². The number of hydrogen-bond acceptors (Lipinski definition) is 1. The van der Waals surface area contributed by atoms with E-state index in [4.69, 9.17) is 4.74 Å². The van der Waals surface area contributed by atoms with Gasteiger partial charge in [0.1, 0.15) is 0 Å². The van der Waals surface area contributed by atoms with Gasteiger partial charge in [0.15, 0.2) is 0 Å². The molecule has 1 aliphatic heterocycles. The second-order valence-corrected chi connectivity index (χ2v) is 4.82. The number of hydrogen-bond donors (Lipinski definition) is 0. The number of halogens is 1. The molecule has 0 spiro atoms. The second-order valence-electron chi connectivity index (χ2n) is 4.82. The van der Waals surface area contributed by atoms with Gasteiger partial charge in [-0.05, 0) is 30.6 Å². The first-order chi connectivity index (χ1) is 4.99. The molecule has 0 N–H and O–H groups in total. The van der Waals surface area contributed by atoms with Crippen molar-refractivity contribution in [1.82, 2.24) is 0 Å². The summed E-state index contributed by atoms with van der Waals surface area (Å²) in [7, 11) is 0. The third-order valence-electron chi connectivity index (χ3n) is 2.21. The van der Waals surface area contributed by atoms with Crippen molar-refractivity contribution in [3.8, 4) is 0 Å². The van der Waals surface area contributed by atoms with E-state index in [-0.39, 0.29) is 40.1 Å². The largest absolute Gasteiger partial charge is 1.00 e. The molecule has 1 nitrogen and oxygen atoms in total. The molecule has 0 saturated carbocycles. The minimum atomic E-state index is 0. The first-order valence-electron chi connectivity index (χ1n) is 4.40. The van der Waals surface area contributed by atoms with Gasteiger partial charge < -0.3 is 17.1 Å². The summed E-state index contributed by atoms with van der Waals surface area (Å²) in [6.45, 7) is 12.7. The van der Waals surface area contributed by atoms with Crippen LogP contribution >= 0.6 is 0 Å². The van der Waals surface area contributed by atoms with E-state index in [0.717, 1.165) is 13.2 Å². The van der Waals surface area contributed by atoms with Crippen LogP contribution in [0.15, 0.2) is 0 Å². The van der Waals surface area contributed by atoms with E-state index in [9.17, 15) is 0 Å². The van der Waals surface area contributed by atoms with E-state index in [0.29, 0.717) is 17.3 Å². The Bertz CT molecular complexity index is 133. The molecule has 0 bridgehead atoms. The summed E-state index contributed by atoms with van der Waals surface area (Å²) < 4.78 is 5.35. The predicted octanol–water partition coefficient (Wildman–Crippen LogP) is -0.479. The SMILES string of the molecule is [CH2]C1COCC1CC(C)(C)C.[Cl-].[Hg+]. The average molecular weight is 391 g/mol. The Hall–Kier alpha value is 1.19. The maximum atomic E-state index is 5.35. The van der Waals surface area contributed by atoms with Crippen LogP contribution < -0.4 is 12.4 Å². The molecular formula is C10H19ClHgO. The molecule has 0 aromatic carbocycles. The quantitative estimate of drug-likeness (QED) is 0.549. The monoisotopic (exact) mass is 392 g/mol. The Morgan fingerprint density at radius 1 is 1.31 bits per heavy atom. The zero-order chi connectivity index (χ0) is 8.48. The third-order valence-corrected chi connectivity index (χ3v) is 2.21. The van der Waals surface area contributed by atoms with Crippen LogP contribution in [-0.4, -0.2) is 13.2 Å². The van der Waals surface area contributed by atoms with E-state index in [2.05, 4.69) is 27.7 Å². The smallest absolute Gasteiger partial charge is 1.00 e. The van der Waals surface area contributed by atoms with Gasteiger partial charge in [-0.25, -0.2) is 0 Å². The summed E-state index contributed by atoms with van der Waals surface area (Å²) in [5, 5.41) is 0. The van der Waals surface area contributed by atoms with E-state index in [1.54, 1.807) is 0 Å². The standard InChI is InChI=1S/C10H19O.ClH.Hg/c1-8-6-11-7-9(8)5-10(2,3)4;;/h8-9H,1,5-7H2,2-4H3;1H;/q;;+1/p-1. The molecular weight excluding hydrogens is 372 g/mol. The third kappa shape index (κ3) is 6.30. The van der Waals surface area contributed by atoms with Gasteiger partial charge in [0.05, 0.1) is 0 Å². The molecule has 13 heavy (non-hydrogen) atoms. The van der Waals surface area contributed by atoms with Gasteiger partial charge in [-0.2, -0.15) is 0 Å². The van der Waals surface area contributed by atoms with E-state index < -0.39 is 0 Å². The van der Waals surface area contributed by atoms with Crippen molar-refractivity contribution in [2.24, 2.45) is 17.3 Å². The average Bonchev–Trinajstić information content (AvgIpc) is 2.12. The second kappa shape index (κ2) is 6.63. The summed E-state index contributed by atoms with van der Waals surface area (Å²) in [6, 6.07) is 0. The maximum absolute atomic E-state index is 5.35. The summed E-state index contributed by atoms with van der Waals surface area (Å²) in [4.78, 5) is 0. The fraction of sp³-hybridized carbons (Fsp3) is 0.900. The molecule has 1 fully saturated rings. The van der Waals surface area contributed by atoms with Gasteiger partial charge in [0.25, 0.3) is 0 Å². The van der Waals surface area contributed by atoms with Crippen molar-refractivity contribution in [3.05, 3.63) is 6.92 Å². The number of rotatable bonds is 1. The van der Waals surface area contributed by atoms with Crippen molar-refractivity contribution in [3.63, 3.8) is 0 Å². The van der Waals surface area contributed by atoms with Crippen LogP contribution in [0.25, 0.3) is 0 Å². The van der Waals surface area contributed by atoms with Gasteiger partial charge in [-0.15, -0.1) is 0 Å². The molecule has 2 radical (unpaired) electrons. The van der Waals surface area contributed by atoms with E-state index >= 15 is 0 Å². The fourth-order valence-corrected chi connectivity index (χ4v) is 1.66. The first kappa shape index (κ1) is 16.6. The Kier molecular flexibility index (Phi) is 8.47. The molecule has 74 valence electrons. The normalized spacial score (nSPS) is 27.7. The zero-order valence-corrected chi connectivity index (χ0v) is 15.2. The van der Waals surface area contributed by atoms with Crippen molar-refractivity contribution in [1.29, 1.82) is 0 Å². The van der Waals surface area contributed by atoms with Crippen molar-refractivity contribution < 1.29 is 44.8 Å². The van der Waals surface area contributed by atoms with Crippen molar-refractivity contribution in [2.45, 2.75) is 27.2 Å². The predicted molar refractivity (Wildman–Crippen MR) is 47.2 cm³/mol. The van der Waals surface area contributed by atoms with Crippen LogP contribution in [-0.2, 0) is 32.4 Å². The minimum absolute atomic E-state index is 0. The Morgan fingerprint density at radius 2 is 1.85 bits per heavy atom. The van der Waals surface area contributed by atoms with E-state index in [1.165, 1.54) is 6.42 Å². The van der Waals surface area contributed by atoms with Crippen LogP contribution in [0.4, 0.5) is 0 Å². The molecule has 2 atom stereocenters. The summed E-state index contributed by atoms with van der Waals surface area (Å²) in [5.41, 5.74) is 0.425. The topological polar surface area (TPSA) is 9.23 Å². The molecule has 0 amide bonds. The number of ether oxygens (including phenoxy) is 1. The summed E-state index contributed by atoms with van der Waals surface area (Å²) in [5.74, 6) is 1.21. The van der Waals surface area contributed by atoms with Crippen LogP contribution in [0.5, 0.6) is 0 Å². The molecule has 0 aromatic heterocycles. The van der Waals surface area contributed by atoms with Crippen LogP contribution in [0.2, 0.25) is 0 Å². The van der Waals surface area contributed by atoms with Crippen LogP contribution in [0.1, 0.15) is 27.2 Å². The maximum Gasteiger partial charge on any atom is 1.00 e. The Morgan fingerprint density at radius 3 is 2.15 bits per heavy atom. The molecule has 2 unspecified atom stereocenters. The molecule has 3 heteroatoms. The zero-order valence-electron chi connectivity index (χ0n) is 8.98. The van der Waals surface area contributed by atoms with Crippen LogP contribution in [0, 0.1) is 24.2 Å². The van der Waals surface area contributed by atoms with Crippen molar-refractivity contribution >= 4 is 0 Å². The first-order valence-corrected chi connectivity index (χ1v) is 4.40. The summed E-state index contributed by atoms with van der Waals surface area (Å²) in [6.07, 6.45) is 1.24. The molecule has 1 aliphatic rings. The minimum Gasteiger partial charge on any atom is -1.00 e. The molecule has 0 aromatic rings. The summed E-state index contributed by atoms with van der Waals surface area (Å²) >= 11 is 0. The van der Waals surface area contributed by atoms with Gasteiger partial charge in [0.2, 0.25) is 0 Å². The van der Waals surface area contributed by atoms with Gasteiger partial charge in [-0.3, -0.25) is 0 Å². The molecule has 1 rings (SSSR count). The Balaban J connectivity index is 0.